The van der Waals surface area contributed by atoms with Crippen LogP contribution in [0.5, 0.6) is 0 Å². The Hall–Kier alpha value is -1.61. The van der Waals surface area contributed by atoms with Crippen molar-refractivity contribution in [1.29, 1.82) is 0 Å². The maximum atomic E-state index is 12.3. The molecule has 1 amide bonds. The van der Waals surface area contributed by atoms with Gasteiger partial charge >= 0.3 is 0 Å². The fourth-order valence-electron chi connectivity index (χ4n) is 2.39. The van der Waals surface area contributed by atoms with Crippen LogP contribution in [0.15, 0.2) is 46.9 Å². The van der Waals surface area contributed by atoms with Crippen molar-refractivity contribution in [1.82, 2.24) is 4.90 Å². The Labute approximate surface area is 121 Å². The van der Waals surface area contributed by atoms with Crippen LogP contribution in [0.1, 0.15) is 27.0 Å². The van der Waals surface area contributed by atoms with Crippen LogP contribution in [-0.4, -0.2) is 10.8 Å². The summed E-state index contributed by atoms with van der Waals surface area (Å²) in [5.74, 6) is 0.128. The van der Waals surface area contributed by atoms with Gasteiger partial charge in [0.1, 0.15) is 0 Å². The average Bonchev–Trinajstić information content (AvgIpc) is 2.68. The predicted molar refractivity (Wildman–Crippen MR) is 78.9 cm³/mol. The van der Waals surface area contributed by atoms with Crippen LogP contribution in [0.4, 0.5) is 0 Å². The lowest BCUT2D eigenvalue weighted by Crippen LogP contribution is -2.23. The van der Waals surface area contributed by atoms with Crippen LogP contribution in [0.3, 0.4) is 0 Å². The standard InChI is InChI=1S/C16H14BrNO/c1-11-2-4-12(5-3-11)9-18-10-13-8-14(17)6-7-15(13)16(18)19/h2-8H,9-10H2,1H3. The van der Waals surface area contributed by atoms with E-state index in [1.807, 2.05) is 23.1 Å². The molecule has 0 aliphatic carbocycles. The summed E-state index contributed by atoms with van der Waals surface area (Å²) < 4.78 is 1.02. The zero-order valence-corrected chi connectivity index (χ0v) is 12.3. The SMILES string of the molecule is Cc1ccc(CN2Cc3cc(Br)ccc3C2=O)cc1. The van der Waals surface area contributed by atoms with Crippen LogP contribution in [-0.2, 0) is 13.1 Å². The highest BCUT2D eigenvalue weighted by molar-refractivity contribution is 9.10. The monoisotopic (exact) mass is 315 g/mol. The number of benzene rings is 2. The van der Waals surface area contributed by atoms with Crippen molar-refractivity contribution < 1.29 is 4.79 Å². The first-order chi connectivity index (χ1) is 9.13. The number of fused-ring (bicyclic) bond motifs is 1. The third-order valence-corrected chi connectivity index (χ3v) is 3.93. The molecule has 3 rings (SSSR count). The second kappa shape index (κ2) is 4.82. The van der Waals surface area contributed by atoms with Crippen molar-refractivity contribution in [3.8, 4) is 0 Å². The molecule has 19 heavy (non-hydrogen) atoms. The first kappa shape index (κ1) is 12.4. The van der Waals surface area contributed by atoms with Gasteiger partial charge in [-0.05, 0) is 36.2 Å². The molecular formula is C16H14BrNO. The molecule has 1 heterocycles. The first-order valence-electron chi connectivity index (χ1n) is 6.27. The van der Waals surface area contributed by atoms with E-state index < -0.39 is 0 Å². The Balaban J connectivity index is 1.82. The van der Waals surface area contributed by atoms with Crippen molar-refractivity contribution in [2.24, 2.45) is 0 Å². The fraction of sp³-hybridized carbons (Fsp3) is 0.188. The molecule has 2 nitrogen and oxygen atoms in total. The number of carbonyl (C=O) groups excluding carboxylic acids is 1. The summed E-state index contributed by atoms with van der Waals surface area (Å²) in [6.45, 7) is 3.44. The summed E-state index contributed by atoms with van der Waals surface area (Å²) in [6, 6.07) is 14.2. The molecule has 1 aliphatic heterocycles. The summed E-state index contributed by atoms with van der Waals surface area (Å²) in [6.07, 6.45) is 0. The molecule has 0 saturated carbocycles. The molecule has 2 aromatic rings. The maximum Gasteiger partial charge on any atom is 0.254 e. The molecule has 0 atom stereocenters. The third-order valence-electron chi connectivity index (χ3n) is 3.44. The van der Waals surface area contributed by atoms with Gasteiger partial charge in [0.05, 0.1) is 0 Å². The van der Waals surface area contributed by atoms with E-state index in [1.54, 1.807) is 0 Å². The normalized spacial score (nSPS) is 13.8. The van der Waals surface area contributed by atoms with E-state index in [9.17, 15) is 4.79 Å². The Bertz CT molecular complexity index is 634. The molecule has 0 N–H and O–H groups in total. The number of nitrogens with zero attached hydrogens (tertiary/aromatic N) is 1. The molecular weight excluding hydrogens is 302 g/mol. The van der Waals surface area contributed by atoms with E-state index in [4.69, 9.17) is 0 Å². The minimum absolute atomic E-state index is 0.128. The van der Waals surface area contributed by atoms with E-state index in [2.05, 4.69) is 47.1 Å². The molecule has 0 saturated heterocycles. The summed E-state index contributed by atoms with van der Waals surface area (Å²) in [5.41, 5.74) is 4.34. The van der Waals surface area contributed by atoms with Crippen molar-refractivity contribution in [2.75, 3.05) is 0 Å². The highest BCUT2D eigenvalue weighted by Crippen LogP contribution is 2.27. The number of hydrogen-bond donors (Lipinski definition) is 0. The number of carbonyl (C=O) groups is 1. The quantitative estimate of drug-likeness (QED) is 0.822. The van der Waals surface area contributed by atoms with Crippen LogP contribution in [0, 0.1) is 6.92 Å². The molecule has 3 heteroatoms. The van der Waals surface area contributed by atoms with E-state index in [1.165, 1.54) is 11.1 Å². The van der Waals surface area contributed by atoms with Crippen molar-refractivity contribution in [3.63, 3.8) is 0 Å². The van der Waals surface area contributed by atoms with E-state index in [0.29, 0.717) is 13.1 Å². The van der Waals surface area contributed by atoms with Gasteiger partial charge in [-0.25, -0.2) is 0 Å². The van der Waals surface area contributed by atoms with Gasteiger partial charge in [-0.1, -0.05) is 45.8 Å². The Morgan fingerprint density at radius 1 is 1.16 bits per heavy atom. The zero-order chi connectivity index (χ0) is 13.4. The van der Waals surface area contributed by atoms with Gasteiger partial charge in [0.15, 0.2) is 0 Å². The number of amides is 1. The number of aryl methyl sites for hydroxylation is 1. The lowest BCUT2D eigenvalue weighted by atomic mass is 10.1. The molecule has 1 aliphatic rings. The maximum absolute atomic E-state index is 12.3. The Morgan fingerprint density at radius 3 is 2.63 bits per heavy atom. The average molecular weight is 316 g/mol. The van der Waals surface area contributed by atoms with Gasteiger partial charge < -0.3 is 4.90 Å². The van der Waals surface area contributed by atoms with Gasteiger partial charge in [0.2, 0.25) is 0 Å². The first-order valence-corrected chi connectivity index (χ1v) is 7.06. The fourth-order valence-corrected chi connectivity index (χ4v) is 2.80. The molecule has 96 valence electrons. The van der Waals surface area contributed by atoms with Gasteiger partial charge in [-0.3, -0.25) is 4.79 Å². The molecule has 0 unspecified atom stereocenters. The summed E-state index contributed by atoms with van der Waals surface area (Å²) >= 11 is 3.45. The second-order valence-electron chi connectivity index (χ2n) is 4.95. The lowest BCUT2D eigenvalue weighted by molar-refractivity contribution is 0.0766. The molecule has 0 aromatic heterocycles. The zero-order valence-electron chi connectivity index (χ0n) is 10.7. The summed E-state index contributed by atoms with van der Waals surface area (Å²) in [4.78, 5) is 14.2. The van der Waals surface area contributed by atoms with E-state index in [0.717, 1.165) is 15.6 Å². The Kier molecular flexibility index (Phi) is 3.15. The Morgan fingerprint density at radius 2 is 1.89 bits per heavy atom. The topological polar surface area (TPSA) is 20.3 Å². The predicted octanol–water partition coefficient (Wildman–Crippen LogP) is 3.91. The van der Waals surface area contributed by atoms with Crippen LogP contribution < -0.4 is 0 Å². The van der Waals surface area contributed by atoms with Crippen LogP contribution in [0.25, 0.3) is 0 Å². The van der Waals surface area contributed by atoms with E-state index in [-0.39, 0.29) is 5.91 Å². The van der Waals surface area contributed by atoms with Crippen LogP contribution in [0.2, 0.25) is 0 Å². The highest BCUT2D eigenvalue weighted by Gasteiger charge is 2.27. The second-order valence-corrected chi connectivity index (χ2v) is 5.86. The molecule has 0 radical (unpaired) electrons. The van der Waals surface area contributed by atoms with Gasteiger partial charge in [-0.15, -0.1) is 0 Å². The molecule has 0 fully saturated rings. The van der Waals surface area contributed by atoms with Crippen molar-refractivity contribution in [3.05, 3.63) is 69.2 Å². The van der Waals surface area contributed by atoms with Crippen molar-refractivity contribution >= 4 is 21.8 Å². The molecule has 2 aromatic carbocycles. The van der Waals surface area contributed by atoms with E-state index >= 15 is 0 Å². The minimum atomic E-state index is 0.128. The minimum Gasteiger partial charge on any atom is -0.330 e. The number of rotatable bonds is 2. The third kappa shape index (κ3) is 2.43. The number of hydrogen-bond acceptors (Lipinski definition) is 1. The summed E-state index contributed by atoms with van der Waals surface area (Å²) in [7, 11) is 0. The smallest absolute Gasteiger partial charge is 0.254 e. The van der Waals surface area contributed by atoms with Gasteiger partial charge in [0.25, 0.3) is 5.91 Å². The number of halogens is 1. The van der Waals surface area contributed by atoms with Gasteiger partial charge in [-0.2, -0.15) is 0 Å². The lowest BCUT2D eigenvalue weighted by Gasteiger charge is -2.15. The molecule has 0 spiro atoms. The molecule has 0 bridgehead atoms. The van der Waals surface area contributed by atoms with Gasteiger partial charge in [0, 0.05) is 23.1 Å². The summed E-state index contributed by atoms with van der Waals surface area (Å²) in [5, 5.41) is 0. The highest BCUT2D eigenvalue weighted by atomic mass is 79.9. The largest absolute Gasteiger partial charge is 0.330 e. The van der Waals surface area contributed by atoms with Crippen molar-refractivity contribution in [2.45, 2.75) is 20.0 Å². The van der Waals surface area contributed by atoms with Crippen LogP contribution >= 0.6 is 15.9 Å².